The summed E-state index contributed by atoms with van der Waals surface area (Å²) in [6.07, 6.45) is 5.10. The van der Waals surface area contributed by atoms with Crippen LogP contribution in [0.4, 0.5) is 0 Å². The van der Waals surface area contributed by atoms with Crippen molar-refractivity contribution in [1.29, 1.82) is 0 Å². The van der Waals surface area contributed by atoms with Gasteiger partial charge in [-0.2, -0.15) is 0 Å². The minimum atomic E-state index is 0. The van der Waals surface area contributed by atoms with E-state index in [-0.39, 0.29) is 20.1 Å². The number of imidazole rings is 1. The Morgan fingerprint density at radius 1 is 0.644 bits per heavy atom. The number of fused-ring (bicyclic) bond motifs is 6. The molecule has 217 valence electrons. The third-order valence-corrected chi connectivity index (χ3v) is 7.55. The molecule has 6 nitrogen and oxygen atoms in total. The first-order chi connectivity index (χ1) is 21.8. The van der Waals surface area contributed by atoms with Gasteiger partial charge in [0.25, 0.3) is 0 Å². The van der Waals surface area contributed by atoms with E-state index in [1.165, 1.54) is 6.33 Å². The fourth-order valence-electron chi connectivity index (χ4n) is 5.54. The van der Waals surface area contributed by atoms with Crippen molar-refractivity contribution in [1.82, 2.24) is 24.5 Å². The Morgan fingerprint density at radius 3 is 2.31 bits per heavy atom. The average molecular weight is 758 g/mol. The number of nitrogens with zero attached hydrogens (tertiary/aromatic N) is 5. The van der Waals surface area contributed by atoms with E-state index in [0.29, 0.717) is 5.65 Å². The minimum Gasteiger partial charge on any atom is -0.500 e. The number of hydrogen-bond donors (Lipinski definition) is 0. The molecule has 0 atom stereocenters. The molecule has 9 aromatic rings. The Kier molecular flexibility index (Phi) is 7.70. The summed E-state index contributed by atoms with van der Waals surface area (Å²) in [5.74, 6) is 0.723. The van der Waals surface area contributed by atoms with Crippen LogP contribution in [0.25, 0.3) is 72.2 Å². The maximum atomic E-state index is 6.52. The smallest absolute Gasteiger partial charge is 0.171 e. The van der Waals surface area contributed by atoms with Crippen LogP contribution < -0.4 is 0 Å². The SMILES string of the molecule is [Ir].[c-]1ccc2c(oc3c4ccccc4ccc23)c1-c1nc2ncncc2n1-c1ccccc1.[c-]1ccccc1-c1ccccn1. The summed E-state index contributed by atoms with van der Waals surface area (Å²) in [6.45, 7) is 0. The number of benzene rings is 5. The summed E-state index contributed by atoms with van der Waals surface area (Å²) in [5, 5.41) is 4.36. The second-order valence-corrected chi connectivity index (χ2v) is 10.2. The Labute approximate surface area is 272 Å². The maximum absolute atomic E-state index is 6.52. The molecule has 1 radical (unpaired) electrons. The predicted molar refractivity (Wildman–Crippen MR) is 174 cm³/mol. The molecule has 4 aromatic heterocycles. The molecule has 45 heavy (non-hydrogen) atoms. The topological polar surface area (TPSA) is 69.6 Å². The van der Waals surface area contributed by atoms with Gasteiger partial charge in [-0.05, 0) is 29.3 Å². The van der Waals surface area contributed by atoms with Crippen molar-refractivity contribution in [2.24, 2.45) is 0 Å². The van der Waals surface area contributed by atoms with Gasteiger partial charge in [-0.15, -0.1) is 54.1 Å². The van der Waals surface area contributed by atoms with Crippen LogP contribution in [0.1, 0.15) is 0 Å². The quantitative estimate of drug-likeness (QED) is 0.169. The van der Waals surface area contributed by atoms with Crippen molar-refractivity contribution >= 4 is 43.9 Å². The summed E-state index contributed by atoms with van der Waals surface area (Å²) in [4.78, 5) is 17.7. The molecule has 4 heterocycles. The summed E-state index contributed by atoms with van der Waals surface area (Å²) in [7, 11) is 0. The Balaban J connectivity index is 0.000000211. The van der Waals surface area contributed by atoms with E-state index < -0.39 is 0 Å². The second kappa shape index (κ2) is 12.2. The van der Waals surface area contributed by atoms with Crippen LogP contribution in [0.15, 0.2) is 144 Å². The summed E-state index contributed by atoms with van der Waals surface area (Å²) >= 11 is 0. The van der Waals surface area contributed by atoms with Crippen LogP contribution in [0.2, 0.25) is 0 Å². The monoisotopic (exact) mass is 758 g/mol. The van der Waals surface area contributed by atoms with Gasteiger partial charge in [0, 0.05) is 42.8 Å². The van der Waals surface area contributed by atoms with Gasteiger partial charge in [0.05, 0.1) is 17.6 Å². The van der Waals surface area contributed by atoms with E-state index in [0.717, 1.165) is 66.6 Å². The van der Waals surface area contributed by atoms with E-state index in [9.17, 15) is 0 Å². The molecule has 0 aliphatic carbocycles. The molecule has 0 saturated heterocycles. The number of furan rings is 1. The zero-order chi connectivity index (χ0) is 29.3. The van der Waals surface area contributed by atoms with Gasteiger partial charge >= 0.3 is 0 Å². The molecule has 0 fully saturated rings. The second-order valence-electron chi connectivity index (χ2n) is 10.2. The molecule has 0 spiro atoms. The van der Waals surface area contributed by atoms with E-state index >= 15 is 0 Å². The van der Waals surface area contributed by atoms with Crippen molar-refractivity contribution in [2.45, 2.75) is 0 Å². The minimum absolute atomic E-state index is 0. The van der Waals surface area contributed by atoms with Gasteiger partial charge < -0.3 is 14.0 Å². The van der Waals surface area contributed by atoms with E-state index in [4.69, 9.17) is 9.40 Å². The molecule has 7 heteroatoms. The zero-order valence-corrected chi connectivity index (χ0v) is 26.2. The van der Waals surface area contributed by atoms with Gasteiger partial charge in [-0.1, -0.05) is 77.7 Å². The summed E-state index contributed by atoms with van der Waals surface area (Å²) in [6, 6.07) is 46.8. The van der Waals surface area contributed by atoms with Crippen LogP contribution in [-0.2, 0) is 20.1 Å². The van der Waals surface area contributed by atoms with Crippen molar-refractivity contribution < 1.29 is 24.5 Å². The molecule has 0 aliphatic heterocycles. The number of para-hydroxylation sites is 1. The normalized spacial score (nSPS) is 10.9. The molecule has 5 aromatic carbocycles. The summed E-state index contributed by atoms with van der Waals surface area (Å²) in [5.41, 5.74) is 6.89. The molecular formula is C38H23IrN5O-2. The van der Waals surface area contributed by atoms with Crippen molar-refractivity contribution in [3.63, 3.8) is 0 Å². The third kappa shape index (κ3) is 5.18. The van der Waals surface area contributed by atoms with Crippen LogP contribution in [0.3, 0.4) is 0 Å². The average Bonchev–Trinajstić information content (AvgIpc) is 3.69. The molecule has 0 bridgehead atoms. The van der Waals surface area contributed by atoms with Gasteiger partial charge in [-0.25, -0.2) is 9.97 Å². The van der Waals surface area contributed by atoms with Gasteiger partial charge in [0.1, 0.15) is 17.4 Å². The largest absolute Gasteiger partial charge is 0.500 e. The van der Waals surface area contributed by atoms with Crippen LogP contribution in [0, 0.1) is 12.1 Å². The van der Waals surface area contributed by atoms with Crippen molar-refractivity contribution in [3.05, 3.63) is 152 Å². The van der Waals surface area contributed by atoms with Crippen molar-refractivity contribution in [3.8, 4) is 28.3 Å². The molecule has 9 rings (SSSR count). The molecule has 0 unspecified atom stereocenters. The molecule has 0 aliphatic rings. The van der Waals surface area contributed by atoms with E-state index in [1.807, 2.05) is 91.0 Å². The van der Waals surface area contributed by atoms with Gasteiger partial charge in [-0.3, -0.25) is 4.98 Å². The Hall–Kier alpha value is -5.49. The number of pyridine rings is 1. The maximum Gasteiger partial charge on any atom is 0.171 e. The third-order valence-electron chi connectivity index (χ3n) is 7.55. The number of hydrogen-bond acceptors (Lipinski definition) is 5. The zero-order valence-electron chi connectivity index (χ0n) is 23.8. The van der Waals surface area contributed by atoms with Gasteiger partial charge in [0.15, 0.2) is 5.65 Å². The van der Waals surface area contributed by atoms with E-state index in [1.54, 1.807) is 12.4 Å². The molecule has 0 N–H and O–H groups in total. The Bertz CT molecular complexity index is 2350. The van der Waals surface area contributed by atoms with Crippen LogP contribution >= 0.6 is 0 Å². The molecule has 0 saturated carbocycles. The predicted octanol–water partition coefficient (Wildman–Crippen LogP) is 8.88. The first kappa shape index (κ1) is 28.3. The van der Waals surface area contributed by atoms with Crippen LogP contribution in [0.5, 0.6) is 0 Å². The molecule has 0 amide bonds. The first-order valence-corrected chi connectivity index (χ1v) is 14.2. The van der Waals surface area contributed by atoms with Gasteiger partial charge in [0.2, 0.25) is 0 Å². The number of aromatic nitrogens is 5. The first-order valence-electron chi connectivity index (χ1n) is 14.2. The fourth-order valence-corrected chi connectivity index (χ4v) is 5.54. The molecular weight excluding hydrogens is 735 g/mol. The Morgan fingerprint density at radius 2 is 1.47 bits per heavy atom. The van der Waals surface area contributed by atoms with Crippen molar-refractivity contribution in [2.75, 3.05) is 0 Å². The standard InChI is InChI=1S/C27H15N4O.C11H8N.Ir/c1-2-8-18(9-3-1)31-23-15-28-16-29-26(23)30-27(31)22-12-6-11-20-21-14-13-17-7-4-5-10-19(17)24(21)32-25(20)22;1-2-6-10(7-3-1)11-8-4-5-9-12-11;/h1-11,13-16H;1-6,8-9H;/q2*-1;. The summed E-state index contributed by atoms with van der Waals surface area (Å²) < 4.78 is 8.58. The van der Waals surface area contributed by atoms with E-state index in [2.05, 4.69) is 62.0 Å². The van der Waals surface area contributed by atoms with Crippen LogP contribution in [-0.4, -0.2) is 24.5 Å². The number of rotatable bonds is 3. The fraction of sp³-hybridized carbons (Fsp3) is 0.